The molecular formula is C13H12Cl2N4O2S. The van der Waals surface area contributed by atoms with E-state index in [0.29, 0.717) is 20.9 Å². The number of nitrogens with two attached hydrogens (primary N) is 1. The summed E-state index contributed by atoms with van der Waals surface area (Å²) in [6, 6.07) is 5.18. The van der Waals surface area contributed by atoms with Gasteiger partial charge in [0.05, 0.1) is 15.7 Å². The van der Waals surface area contributed by atoms with Crippen molar-refractivity contribution in [1.29, 1.82) is 0 Å². The number of hydrogen-bond acceptors (Lipinski definition) is 5. The van der Waals surface area contributed by atoms with Crippen molar-refractivity contribution in [2.45, 2.75) is 6.42 Å². The fourth-order valence-electron chi connectivity index (χ4n) is 1.54. The number of primary amides is 1. The van der Waals surface area contributed by atoms with Gasteiger partial charge in [-0.15, -0.1) is 11.3 Å². The largest absolute Gasteiger partial charge is 0.370 e. The Bertz CT molecular complexity index is 705. The molecule has 0 aliphatic carbocycles. The lowest BCUT2D eigenvalue weighted by Crippen LogP contribution is -2.28. The zero-order valence-corrected chi connectivity index (χ0v) is 13.6. The standard InChI is InChI=1S/C13H12Cl2N4O2S/c14-7-2-1-3-8(11(7)15)18-13-19-9(6-22-13)12(21)17-5-4-10(16)20/h1-3,6H,4-5H2,(H2,16,20)(H,17,21)(H,18,19). The molecule has 6 nitrogen and oxygen atoms in total. The molecular weight excluding hydrogens is 347 g/mol. The molecule has 0 atom stereocenters. The predicted molar refractivity (Wildman–Crippen MR) is 88.0 cm³/mol. The minimum atomic E-state index is -0.475. The van der Waals surface area contributed by atoms with Crippen molar-refractivity contribution in [3.8, 4) is 0 Å². The summed E-state index contributed by atoms with van der Waals surface area (Å²) in [5, 5.41) is 8.46. The van der Waals surface area contributed by atoms with E-state index in [0.717, 1.165) is 0 Å². The Morgan fingerprint density at radius 2 is 2.09 bits per heavy atom. The monoisotopic (exact) mass is 358 g/mol. The van der Waals surface area contributed by atoms with Gasteiger partial charge in [0.2, 0.25) is 5.91 Å². The van der Waals surface area contributed by atoms with Crippen LogP contribution < -0.4 is 16.4 Å². The molecule has 0 saturated heterocycles. The lowest BCUT2D eigenvalue weighted by molar-refractivity contribution is -0.117. The van der Waals surface area contributed by atoms with Crippen molar-refractivity contribution in [1.82, 2.24) is 10.3 Å². The maximum atomic E-state index is 11.8. The SMILES string of the molecule is NC(=O)CCNC(=O)c1csc(Nc2cccc(Cl)c2Cl)n1. The second kappa shape index (κ2) is 7.44. The van der Waals surface area contributed by atoms with E-state index in [1.807, 2.05) is 0 Å². The number of anilines is 2. The number of halogens is 2. The van der Waals surface area contributed by atoms with E-state index in [1.54, 1.807) is 23.6 Å². The van der Waals surface area contributed by atoms with E-state index >= 15 is 0 Å². The summed E-state index contributed by atoms with van der Waals surface area (Å²) in [5.74, 6) is -0.848. The highest BCUT2D eigenvalue weighted by Gasteiger charge is 2.12. The highest BCUT2D eigenvalue weighted by atomic mass is 35.5. The van der Waals surface area contributed by atoms with Crippen LogP contribution in [-0.4, -0.2) is 23.3 Å². The average Bonchev–Trinajstić information content (AvgIpc) is 2.92. The molecule has 1 aromatic heterocycles. The van der Waals surface area contributed by atoms with E-state index in [1.165, 1.54) is 11.3 Å². The van der Waals surface area contributed by atoms with Gasteiger partial charge in [0, 0.05) is 18.3 Å². The van der Waals surface area contributed by atoms with Crippen molar-refractivity contribution in [2.24, 2.45) is 5.73 Å². The van der Waals surface area contributed by atoms with Crippen LogP contribution in [-0.2, 0) is 4.79 Å². The number of aromatic nitrogens is 1. The number of nitrogens with one attached hydrogen (secondary N) is 2. The van der Waals surface area contributed by atoms with Crippen molar-refractivity contribution in [3.05, 3.63) is 39.3 Å². The highest BCUT2D eigenvalue weighted by Crippen LogP contribution is 2.32. The number of thiazole rings is 1. The lowest BCUT2D eigenvalue weighted by Gasteiger charge is -2.06. The van der Waals surface area contributed by atoms with Gasteiger partial charge in [-0.3, -0.25) is 9.59 Å². The van der Waals surface area contributed by atoms with Crippen LogP contribution in [0.25, 0.3) is 0 Å². The number of carbonyl (C=O) groups excluding carboxylic acids is 2. The molecule has 2 amide bonds. The zero-order valence-electron chi connectivity index (χ0n) is 11.2. The van der Waals surface area contributed by atoms with Crippen LogP contribution in [0.4, 0.5) is 10.8 Å². The predicted octanol–water partition coefficient (Wildman–Crippen LogP) is 2.80. The van der Waals surface area contributed by atoms with Crippen molar-refractivity contribution in [2.75, 3.05) is 11.9 Å². The molecule has 0 fully saturated rings. The van der Waals surface area contributed by atoms with Gasteiger partial charge in [0.15, 0.2) is 5.13 Å². The summed E-state index contributed by atoms with van der Waals surface area (Å²) in [4.78, 5) is 26.6. The van der Waals surface area contributed by atoms with Gasteiger partial charge in [-0.25, -0.2) is 4.98 Å². The summed E-state index contributed by atoms with van der Waals surface area (Å²) in [5.41, 5.74) is 5.84. The van der Waals surface area contributed by atoms with E-state index in [-0.39, 0.29) is 24.6 Å². The Morgan fingerprint density at radius 3 is 2.82 bits per heavy atom. The number of rotatable bonds is 6. The molecule has 2 aromatic rings. The average molecular weight is 359 g/mol. The molecule has 0 aliphatic rings. The van der Waals surface area contributed by atoms with Crippen LogP contribution in [0.2, 0.25) is 10.0 Å². The van der Waals surface area contributed by atoms with Gasteiger partial charge in [-0.1, -0.05) is 29.3 Å². The van der Waals surface area contributed by atoms with Crippen molar-refractivity contribution >= 4 is 57.2 Å². The van der Waals surface area contributed by atoms with E-state index in [9.17, 15) is 9.59 Å². The first-order valence-corrected chi connectivity index (χ1v) is 7.84. The molecule has 1 heterocycles. The molecule has 1 aromatic carbocycles. The first-order valence-electron chi connectivity index (χ1n) is 6.20. The Balaban J connectivity index is 2.00. The second-order valence-electron chi connectivity index (χ2n) is 4.24. The zero-order chi connectivity index (χ0) is 16.1. The van der Waals surface area contributed by atoms with E-state index in [2.05, 4.69) is 15.6 Å². The molecule has 0 saturated carbocycles. The molecule has 0 bridgehead atoms. The molecule has 4 N–H and O–H groups in total. The van der Waals surface area contributed by atoms with Crippen LogP contribution >= 0.6 is 34.5 Å². The summed E-state index contributed by atoms with van der Waals surface area (Å²) in [6.07, 6.45) is 0.0824. The Kier molecular flexibility index (Phi) is 5.59. The molecule has 9 heteroatoms. The normalized spacial score (nSPS) is 10.3. The highest BCUT2D eigenvalue weighted by molar-refractivity contribution is 7.14. The summed E-state index contributed by atoms with van der Waals surface area (Å²) in [6.45, 7) is 0.175. The van der Waals surface area contributed by atoms with Crippen LogP contribution in [0.1, 0.15) is 16.9 Å². The minimum absolute atomic E-state index is 0.0824. The van der Waals surface area contributed by atoms with E-state index in [4.69, 9.17) is 28.9 Å². The number of benzene rings is 1. The first kappa shape index (κ1) is 16.5. The maximum absolute atomic E-state index is 11.8. The molecule has 0 unspecified atom stereocenters. The van der Waals surface area contributed by atoms with Gasteiger partial charge in [0.1, 0.15) is 5.69 Å². The van der Waals surface area contributed by atoms with Gasteiger partial charge in [-0.2, -0.15) is 0 Å². The summed E-state index contributed by atoms with van der Waals surface area (Å²) in [7, 11) is 0. The lowest BCUT2D eigenvalue weighted by atomic mass is 10.3. The van der Waals surface area contributed by atoms with Gasteiger partial charge in [0.25, 0.3) is 5.91 Å². The Morgan fingerprint density at radius 1 is 1.32 bits per heavy atom. The summed E-state index contributed by atoms with van der Waals surface area (Å²) >= 11 is 13.2. The van der Waals surface area contributed by atoms with Crippen molar-refractivity contribution < 1.29 is 9.59 Å². The third-order valence-corrected chi connectivity index (χ3v) is 4.16. The van der Waals surface area contributed by atoms with Gasteiger partial charge in [-0.05, 0) is 12.1 Å². The van der Waals surface area contributed by atoms with Gasteiger partial charge < -0.3 is 16.4 Å². The Labute approximate surface area is 140 Å². The molecule has 0 radical (unpaired) electrons. The third kappa shape index (κ3) is 4.33. The molecule has 0 spiro atoms. The van der Waals surface area contributed by atoms with Crippen LogP contribution in [0, 0.1) is 0 Å². The molecule has 0 aliphatic heterocycles. The Hall–Kier alpha value is -1.83. The second-order valence-corrected chi connectivity index (χ2v) is 5.88. The molecule has 2 rings (SSSR count). The van der Waals surface area contributed by atoms with Crippen LogP contribution in [0.3, 0.4) is 0 Å². The number of nitrogens with zero attached hydrogens (tertiary/aromatic N) is 1. The van der Waals surface area contributed by atoms with Gasteiger partial charge >= 0.3 is 0 Å². The van der Waals surface area contributed by atoms with Crippen molar-refractivity contribution in [3.63, 3.8) is 0 Å². The number of amides is 2. The number of carbonyl (C=O) groups is 2. The third-order valence-electron chi connectivity index (χ3n) is 2.59. The maximum Gasteiger partial charge on any atom is 0.270 e. The fourth-order valence-corrected chi connectivity index (χ4v) is 2.59. The van der Waals surface area contributed by atoms with E-state index < -0.39 is 5.91 Å². The fraction of sp³-hybridized carbons (Fsp3) is 0.154. The molecule has 22 heavy (non-hydrogen) atoms. The smallest absolute Gasteiger partial charge is 0.270 e. The van der Waals surface area contributed by atoms with Crippen LogP contribution in [0.5, 0.6) is 0 Å². The van der Waals surface area contributed by atoms with Crippen LogP contribution in [0.15, 0.2) is 23.6 Å². The minimum Gasteiger partial charge on any atom is -0.370 e. The summed E-state index contributed by atoms with van der Waals surface area (Å²) < 4.78 is 0. The quantitative estimate of drug-likeness (QED) is 0.739. The topological polar surface area (TPSA) is 97.1 Å². The molecule has 116 valence electrons. The number of hydrogen-bond donors (Lipinski definition) is 3. The first-order chi connectivity index (χ1) is 10.5.